The Morgan fingerprint density at radius 1 is 1.31 bits per heavy atom. The van der Waals surface area contributed by atoms with Gasteiger partial charge in [0.2, 0.25) is 0 Å². The van der Waals surface area contributed by atoms with Crippen LogP contribution in [0.4, 0.5) is 0 Å². The van der Waals surface area contributed by atoms with Crippen LogP contribution < -0.4 is 5.32 Å². The normalized spacial score (nSPS) is 17.3. The van der Waals surface area contributed by atoms with Gasteiger partial charge in [0.25, 0.3) is 11.8 Å². The zero-order valence-corrected chi connectivity index (χ0v) is 8.31. The SMILES string of the molecule is CC(C)(C)CCC1=CC(=O)NC1=O. The van der Waals surface area contributed by atoms with E-state index in [9.17, 15) is 9.59 Å². The topological polar surface area (TPSA) is 46.2 Å². The summed E-state index contributed by atoms with van der Waals surface area (Å²) >= 11 is 0. The van der Waals surface area contributed by atoms with Crippen molar-refractivity contribution >= 4 is 11.8 Å². The maximum atomic E-state index is 11.1. The van der Waals surface area contributed by atoms with E-state index in [4.69, 9.17) is 0 Å². The van der Waals surface area contributed by atoms with Crippen molar-refractivity contribution in [1.29, 1.82) is 0 Å². The number of amides is 2. The molecule has 1 heterocycles. The first-order chi connectivity index (χ1) is 5.88. The molecule has 0 fully saturated rings. The molecule has 72 valence electrons. The number of hydrogen-bond donors (Lipinski definition) is 1. The van der Waals surface area contributed by atoms with Gasteiger partial charge in [0.1, 0.15) is 0 Å². The second-order valence-corrected chi connectivity index (χ2v) is 4.55. The number of carbonyl (C=O) groups excluding carboxylic acids is 2. The molecule has 1 aliphatic rings. The highest BCUT2D eigenvalue weighted by atomic mass is 16.2. The lowest BCUT2D eigenvalue weighted by atomic mass is 9.88. The Morgan fingerprint density at radius 3 is 2.31 bits per heavy atom. The average Bonchev–Trinajstić information content (AvgIpc) is 2.24. The van der Waals surface area contributed by atoms with Crippen molar-refractivity contribution in [3.05, 3.63) is 11.6 Å². The molecule has 0 aromatic heterocycles. The molecule has 3 nitrogen and oxygen atoms in total. The third kappa shape index (κ3) is 3.01. The van der Waals surface area contributed by atoms with Gasteiger partial charge in [-0.1, -0.05) is 20.8 Å². The highest BCUT2D eigenvalue weighted by Gasteiger charge is 2.22. The summed E-state index contributed by atoms with van der Waals surface area (Å²) in [7, 11) is 0. The van der Waals surface area contributed by atoms with Gasteiger partial charge in [-0.25, -0.2) is 0 Å². The van der Waals surface area contributed by atoms with Crippen molar-refractivity contribution in [1.82, 2.24) is 5.32 Å². The smallest absolute Gasteiger partial charge is 0.254 e. The van der Waals surface area contributed by atoms with E-state index >= 15 is 0 Å². The molecule has 1 aliphatic heterocycles. The van der Waals surface area contributed by atoms with Gasteiger partial charge in [-0.2, -0.15) is 0 Å². The van der Waals surface area contributed by atoms with Gasteiger partial charge in [0, 0.05) is 11.6 Å². The fourth-order valence-corrected chi connectivity index (χ4v) is 1.15. The molecule has 0 aliphatic carbocycles. The Labute approximate surface area is 78.2 Å². The summed E-state index contributed by atoms with van der Waals surface area (Å²) in [5, 5.41) is 2.23. The molecule has 2 amide bonds. The highest BCUT2D eigenvalue weighted by molar-refractivity contribution is 6.16. The second kappa shape index (κ2) is 3.32. The molecule has 0 unspecified atom stereocenters. The minimum absolute atomic E-state index is 0.201. The van der Waals surface area contributed by atoms with E-state index in [0.29, 0.717) is 12.0 Å². The van der Waals surface area contributed by atoms with Gasteiger partial charge < -0.3 is 0 Å². The highest BCUT2D eigenvalue weighted by Crippen LogP contribution is 2.24. The molecule has 13 heavy (non-hydrogen) atoms. The summed E-state index contributed by atoms with van der Waals surface area (Å²) in [5.74, 6) is -0.511. The summed E-state index contributed by atoms with van der Waals surface area (Å²) in [6.07, 6.45) is 2.99. The molecule has 0 radical (unpaired) electrons. The summed E-state index contributed by atoms with van der Waals surface area (Å²) in [6.45, 7) is 6.34. The third-order valence-electron chi connectivity index (χ3n) is 1.98. The Morgan fingerprint density at radius 2 is 1.92 bits per heavy atom. The van der Waals surface area contributed by atoms with Crippen LogP contribution in [0.25, 0.3) is 0 Å². The van der Waals surface area contributed by atoms with E-state index in [-0.39, 0.29) is 17.2 Å². The van der Waals surface area contributed by atoms with E-state index in [1.54, 1.807) is 0 Å². The predicted molar refractivity (Wildman–Crippen MR) is 49.9 cm³/mol. The Kier molecular flexibility index (Phi) is 2.55. The van der Waals surface area contributed by atoms with Crippen LogP contribution in [0.2, 0.25) is 0 Å². The number of imide groups is 1. The first-order valence-electron chi connectivity index (χ1n) is 4.44. The van der Waals surface area contributed by atoms with Crippen molar-refractivity contribution < 1.29 is 9.59 Å². The van der Waals surface area contributed by atoms with Crippen LogP contribution in [-0.2, 0) is 9.59 Å². The second-order valence-electron chi connectivity index (χ2n) is 4.55. The third-order valence-corrected chi connectivity index (χ3v) is 1.98. The molecule has 0 saturated heterocycles. The molecule has 3 heteroatoms. The van der Waals surface area contributed by atoms with Crippen LogP contribution in [0.5, 0.6) is 0 Å². The van der Waals surface area contributed by atoms with Crippen LogP contribution in [-0.4, -0.2) is 11.8 Å². The van der Waals surface area contributed by atoms with Crippen molar-refractivity contribution in [2.45, 2.75) is 33.6 Å². The van der Waals surface area contributed by atoms with Crippen LogP contribution in [0, 0.1) is 5.41 Å². The van der Waals surface area contributed by atoms with Gasteiger partial charge >= 0.3 is 0 Å². The maximum absolute atomic E-state index is 11.1. The minimum atomic E-state index is -0.283. The molecule has 0 aromatic rings. The summed E-state index contributed by atoms with van der Waals surface area (Å²) < 4.78 is 0. The van der Waals surface area contributed by atoms with Crippen LogP contribution in [0.3, 0.4) is 0 Å². The Hall–Kier alpha value is -1.12. The summed E-state index contributed by atoms with van der Waals surface area (Å²) in [6, 6.07) is 0. The van der Waals surface area contributed by atoms with Crippen LogP contribution >= 0.6 is 0 Å². The van der Waals surface area contributed by atoms with Crippen molar-refractivity contribution in [2.75, 3.05) is 0 Å². The van der Waals surface area contributed by atoms with Gasteiger partial charge in [-0.05, 0) is 18.3 Å². The molecule has 1 N–H and O–H groups in total. The standard InChI is InChI=1S/C10H15NO2/c1-10(2,3)5-4-7-6-8(12)11-9(7)13/h6H,4-5H2,1-3H3,(H,11,12,13). The molecule has 0 spiro atoms. The van der Waals surface area contributed by atoms with Crippen molar-refractivity contribution in [3.63, 3.8) is 0 Å². The number of nitrogens with one attached hydrogen (secondary N) is 1. The molecule has 1 rings (SSSR count). The van der Waals surface area contributed by atoms with E-state index in [0.717, 1.165) is 6.42 Å². The maximum Gasteiger partial charge on any atom is 0.254 e. The van der Waals surface area contributed by atoms with E-state index in [1.165, 1.54) is 6.08 Å². The van der Waals surface area contributed by atoms with E-state index < -0.39 is 0 Å². The lowest BCUT2D eigenvalue weighted by Crippen LogP contribution is -2.22. The first kappa shape index (κ1) is 9.96. The number of carbonyl (C=O) groups is 2. The Balaban J connectivity index is 2.51. The molecule has 0 atom stereocenters. The minimum Gasteiger partial charge on any atom is -0.289 e. The summed E-state index contributed by atoms with van der Waals surface area (Å²) in [5.41, 5.74) is 0.812. The lowest BCUT2D eigenvalue weighted by molar-refractivity contribution is -0.123. The quantitative estimate of drug-likeness (QED) is 0.654. The monoisotopic (exact) mass is 181 g/mol. The zero-order valence-electron chi connectivity index (χ0n) is 8.31. The van der Waals surface area contributed by atoms with Crippen molar-refractivity contribution in [2.24, 2.45) is 5.41 Å². The molecule has 0 bridgehead atoms. The van der Waals surface area contributed by atoms with Gasteiger partial charge in [-0.15, -0.1) is 0 Å². The number of hydrogen-bond acceptors (Lipinski definition) is 2. The van der Waals surface area contributed by atoms with E-state index in [1.807, 2.05) is 0 Å². The first-order valence-corrected chi connectivity index (χ1v) is 4.44. The lowest BCUT2D eigenvalue weighted by Gasteiger charge is -2.17. The van der Waals surface area contributed by atoms with Gasteiger partial charge in [0.15, 0.2) is 0 Å². The molecule has 0 saturated carbocycles. The van der Waals surface area contributed by atoms with Gasteiger partial charge in [-0.3, -0.25) is 14.9 Å². The molecular formula is C10H15NO2. The molecular weight excluding hydrogens is 166 g/mol. The van der Waals surface area contributed by atoms with Gasteiger partial charge in [0.05, 0.1) is 0 Å². The fraction of sp³-hybridized carbons (Fsp3) is 0.600. The van der Waals surface area contributed by atoms with Crippen molar-refractivity contribution in [3.8, 4) is 0 Å². The fourth-order valence-electron chi connectivity index (χ4n) is 1.15. The average molecular weight is 181 g/mol. The predicted octanol–water partition coefficient (Wildman–Crippen LogP) is 1.40. The van der Waals surface area contributed by atoms with Crippen LogP contribution in [0.15, 0.2) is 11.6 Å². The zero-order chi connectivity index (χ0) is 10.1. The Bertz CT molecular complexity index is 271. The van der Waals surface area contributed by atoms with E-state index in [2.05, 4.69) is 26.1 Å². The molecule has 0 aromatic carbocycles. The van der Waals surface area contributed by atoms with Crippen LogP contribution in [0.1, 0.15) is 33.6 Å². The summed E-state index contributed by atoms with van der Waals surface area (Å²) in [4.78, 5) is 21.9. The number of rotatable bonds is 2. The largest absolute Gasteiger partial charge is 0.289 e.